The van der Waals surface area contributed by atoms with Gasteiger partial charge in [-0.1, -0.05) is 6.07 Å². The predicted molar refractivity (Wildman–Crippen MR) is 77.6 cm³/mol. The Morgan fingerprint density at radius 1 is 1.19 bits per heavy atom. The van der Waals surface area contributed by atoms with E-state index in [0.29, 0.717) is 19.1 Å². The van der Waals surface area contributed by atoms with Gasteiger partial charge in [-0.15, -0.1) is 0 Å². The Labute approximate surface area is 124 Å². The first-order chi connectivity index (χ1) is 10.0. The van der Waals surface area contributed by atoms with Crippen LogP contribution in [0, 0.1) is 5.82 Å². The normalized spacial score (nSPS) is 21.6. The predicted octanol–water partition coefficient (Wildman–Crippen LogP) is 0.753. The van der Waals surface area contributed by atoms with Crippen LogP contribution >= 0.6 is 0 Å². The smallest absolute Gasteiger partial charge is 0.243 e. The molecule has 0 bridgehead atoms. The molecule has 0 radical (unpaired) electrons. The third-order valence-corrected chi connectivity index (χ3v) is 6.22. The highest BCUT2D eigenvalue weighted by molar-refractivity contribution is 7.89. The molecule has 116 valence electrons. The summed E-state index contributed by atoms with van der Waals surface area (Å²) in [4.78, 5) is 2.34. The molecule has 7 heteroatoms. The van der Waals surface area contributed by atoms with Gasteiger partial charge in [0.2, 0.25) is 10.0 Å². The van der Waals surface area contributed by atoms with Gasteiger partial charge in [-0.25, -0.2) is 12.8 Å². The van der Waals surface area contributed by atoms with Crippen LogP contribution in [0.15, 0.2) is 23.1 Å². The molecule has 3 rings (SSSR count). The molecule has 1 aliphatic carbocycles. The number of rotatable bonds is 4. The summed E-state index contributed by atoms with van der Waals surface area (Å²) < 4.78 is 40.6. The Bertz CT molecular complexity index is 623. The van der Waals surface area contributed by atoms with E-state index in [2.05, 4.69) is 4.90 Å². The third-order valence-electron chi connectivity index (χ3n) is 4.23. The van der Waals surface area contributed by atoms with Crippen LogP contribution in [0.1, 0.15) is 18.4 Å². The van der Waals surface area contributed by atoms with Crippen LogP contribution < -0.4 is 5.73 Å². The summed E-state index contributed by atoms with van der Waals surface area (Å²) in [6, 6.07) is 4.74. The van der Waals surface area contributed by atoms with Crippen molar-refractivity contribution in [3.8, 4) is 0 Å². The zero-order valence-corrected chi connectivity index (χ0v) is 12.7. The number of halogens is 1. The Kier molecular flexibility index (Phi) is 4.00. The van der Waals surface area contributed by atoms with Crippen LogP contribution in [0.5, 0.6) is 0 Å². The van der Waals surface area contributed by atoms with Crippen molar-refractivity contribution in [3.63, 3.8) is 0 Å². The molecular weight excluding hydrogens is 293 g/mol. The van der Waals surface area contributed by atoms with Crippen molar-refractivity contribution in [1.29, 1.82) is 0 Å². The number of hydrogen-bond acceptors (Lipinski definition) is 4. The van der Waals surface area contributed by atoms with E-state index >= 15 is 0 Å². The van der Waals surface area contributed by atoms with Gasteiger partial charge in [-0.05, 0) is 25.0 Å². The van der Waals surface area contributed by atoms with Gasteiger partial charge in [0, 0.05) is 44.3 Å². The minimum absolute atomic E-state index is 0.00451. The standard InChI is InChI=1S/C14H20FN3O2S/c15-13-2-1-3-14(12(13)10-16)21(19,20)18-8-6-17(7-9-18)11-4-5-11/h1-3,11H,4-10,16H2. The lowest BCUT2D eigenvalue weighted by molar-refractivity contribution is 0.180. The van der Waals surface area contributed by atoms with E-state index < -0.39 is 15.8 Å². The second kappa shape index (κ2) is 5.64. The Hall–Kier alpha value is -1.02. The van der Waals surface area contributed by atoms with Gasteiger partial charge < -0.3 is 5.73 Å². The van der Waals surface area contributed by atoms with Crippen molar-refractivity contribution in [1.82, 2.24) is 9.21 Å². The molecule has 1 aliphatic heterocycles. The van der Waals surface area contributed by atoms with Gasteiger partial charge in [0.15, 0.2) is 0 Å². The molecule has 2 fully saturated rings. The Balaban J connectivity index is 1.82. The molecule has 1 saturated heterocycles. The van der Waals surface area contributed by atoms with Gasteiger partial charge in [0.05, 0.1) is 4.90 Å². The average molecular weight is 313 g/mol. The molecule has 0 spiro atoms. The van der Waals surface area contributed by atoms with E-state index in [-0.39, 0.29) is 17.0 Å². The quantitative estimate of drug-likeness (QED) is 0.891. The summed E-state index contributed by atoms with van der Waals surface area (Å²) in [5.74, 6) is -0.560. The fourth-order valence-corrected chi connectivity index (χ4v) is 4.53. The van der Waals surface area contributed by atoms with Gasteiger partial charge >= 0.3 is 0 Å². The fourth-order valence-electron chi connectivity index (χ4n) is 2.87. The van der Waals surface area contributed by atoms with E-state index in [1.807, 2.05) is 0 Å². The minimum atomic E-state index is -3.67. The van der Waals surface area contributed by atoms with Crippen LogP contribution in [0.2, 0.25) is 0 Å². The van der Waals surface area contributed by atoms with Gasteiger partial charge in [-0.2, -0.15) is 4.31 Å². The lowest BCUT2D eigenvalue weighted by Gasteiger charge is -2.34. The molecule has 2 N–H and O–H groups in total. The summed E-state index contributed by atoms with van der Waals surface area (Å²) in [7, 11) is -3.67. The highest BCUT2D eigenvalue weighted by Gasteiger charge is 2.35. The van der Waals surface area contributed by atoms with E-state index in [1.165, 1.54) is 35.3 Å². The molecule has 5 nitrogen and oxygen atoms in total. The van der Waals surface area contributed by atoms with Crippen molar-refractivity contribution in [3.05, 3.63) is 29.6 Å². The summed E-state index contributed by atoms with van der Waals surface area (Å²) in [5.41, 5.74) is 5.59. The number of sulfonamides is 1. The Morgan fingerprint density at radius 2 is 1.86 bits per heavy atom. The number of piperazine rings is 1. The first-order valence-electron chi connectivity index (χ1n) is 7.25. The monoisotopic (exact) mass is 313 g/mol. The molecule has 0 amide bonds. The maximum absolute atomic E-state index is 13.8. The lowest BCUT2D eigenvalue weighted by Crippen LogP contribution is -2.49. The Morgan fingerprint density at radius 3 is 2.43 bits per heavy atom. The molecule has 0 aromatic heterocycles. The highest BCUT2D eigenvalue weighted by atomic mass is 32.2. The number of hydrogen-bond donors (Lipinski definition) is 1. The zero-order chi connectivity index (χ0) is 15.0. The molecule has 2 aliphatic rings. The summed E-state index contributed by atoms with van der Waals surface area (Å²) in [6.07, 6.45) is 2.43. The molecule has 1 aromatic carbocycles. The molecular formula is C14H20FN3O2S. The summed E-state index contributed by atoms with van der Waals surface area (Å²) in [6.45, 7) is 2.29. The topological polar surface area (TPSA) is 66.6 Å². The summed E-state index contributed by atoms with van der Waals surface area (Å²) in [5, 5.41) is 0. The maximum atomic E-state index is 13.8. The van der Waals surface area contributed by atoms with Crippen molar-refractivity contribution in [2.45, 2.75) is 30.3 Å². The molecule has 0 atom stereocenters. The lowest BCUT2D eigenvalue weighted by atomic mass is 10.2. The minimum Gasteiger partial charge on any atom is -0.326 e. The fraction of sp³-hybridized carbons (Fsp3) is 0.571. The molecule has 1 saturated carbocycles. The number of benzene rings is 1. The first-order valence-corrected chi connectivity index (χ1v) is 8.69. The second-order valence-corrected chi connectivity index (χ2v) is 7.50. The van der Waals surface area contributed by atoms with Gasteiger partial charge in [0.1, 0.15) is 5.82 Å². The maximum Gasteiger partial charge on any atom is 0.243 e. The van der Waals surface area contributed by atoms with Gasteiger partial charge in [-0.3, -0.25) is 4.90 Å². The molecule has 1 heterocycles. The zero-order valence-electron chi connectivity index (χ0n) is 11.8. The third kappa shape index (κ3) is 2.83. The molecule has 21 heavy (non-hydrogen) atoms. The van der Waals surface area contributed by atoms with E-state index in [1.54, 1.807) is 0 Å². The van der Waals surface area contributed by atoms with Crippen molar-refractivity contribution < 1.29 is 12.8 Å². The van der Waals surface area contributed by atoms with Crippen molar-refractivity contribution in [2.75, 3.05) is 26.2 Å². The average Bonchev–Trinajstić information content (AvgIpc) is 3.32. The summed E-state index contributed by atoms with van der Waals surface area (Å²) >= 11 is 0. The van der Waals surface area contributed by atoms with Crippen LogP contribution in [0.4, 0.5) is 4.39 Å². The first kappa shape index (κ1) is 14.9. The van der Waals surface area contributed by atoms with Crippen LogP contribution in [-0.2, 0) is 16.6 Å². The van der Waals surface area contributed by atoms with Crippen LogP contribution in [0.3, 0.4) is 0 Å². The van der Waals surface area contributed by atoms with Crippen molar-refractivity contribution in [2.24, 2.45) is 5.73 Å². The largest absolute Gasteiger partial charge is 0.326 e. The van der Waals surface area contributed by atoms with Gasteiger partial charge in [0.25, 0.3) is 0 Å². The number of nitrogens with zero attached hydrogens (tertiary/aromatic N) is 2. The second-order valence-electron chi connectivity index (χ2n) is 5.59. The van der Waals surface area contributed by atoms with Crippen LogP contribution in [-0.4, -0.2) is 49.8 Å². The van der Waals surface area contributed by atoms with Crippen molar-refractivity contribution >= 4 is 10.0 Å². The number of nitrogens with two attached hydrogens (primary N) is 1. The van der Waals surface area contributed by atoms with E-state index in [0.717, 1.165) is 13.1 Å². The molecule has 0 unspecified atom stereocenters. The van der Waals surface area contributed by atoms with E-state index in [4.69, 9.17) is 5.73 Å². The van der Waals surface area contributed by atoms with Crippen LogP contribution in [0.25, 0.3) is 0 Å². The highest BCUT2D eigenvalue weighted by Crippen LogP contribution is 2.29. The van der Waals surface area contributed by atoms with E-state index in [9.17, 15) is 12.8 Å². The SMILES string of the molecule is NCc1c(F)cccc1S(=O)(=O)N1CCN(C2CC2)CC1. The molecule has 1 aromatic rings.